The van der Waals surface area contributed by atoms with E-state index in [1.54, 1.807) is 0 Å². The molecule has 0 aliphatic carbocycles. The van der Waals surface area contributed by atoms with Gasteiger partial charge in [-0.05, 0) is 54.4 Å². The molecular weight excluding hydrogens is 358 g/mol. The summed E-state index contributed by atoms with van der Waals surface area (Å²) in [6, 6.07) is 0.727. The molecule has 0 heterocycles. The molecule has 0 aliphatic heterocycles. The van der Waals surface area contributed by atoms with Crippen LogP contribution in [0.5, 0.6) is 0 Å². The normalized spacial score (nSPS) is 14.0. The van der Waals surface area contributed by atoms with Crippen LogP contribution in [0.3, 0.4) is 0 Å². The molecule has 0 aromatic carbocycles. The van der Waals surface area contributed by atoms with Gasteiger partial charge in [-0.15, -0.1) is 0 Å². The van der Waals surface area contributed by atoms with E-state index in [1.807, 2.05) is 41.5 Å². The zero-order valence-corrected chi connectivity index (χ0v) is 19.0. The Labute approximate surface area is 156 Å². The van der Waals surface area contributed by atoms with Crippen molar-refractivity contribution in [1.82, 2.24) is 0 Å². The molecule has 0 radical (unpaired) electrons. The van der Waals surface area contributed by atoms with Crippen molar-refractivity contribution in [3.63, 3.8) is 0 Å². The molecule has 1 atom stereocenters. The second-order valence-corrected chi connectivity index (χ2v) is 10.9. The van der Waals surface area contributed by atoms with Crippen molar-refractivity contribution in [2.45, 2.75) is 66.1 Å². The summed E-state index contributed by atoms with van der Waals surface area (Å²) in [5.41, 5.74) is 6.17. The summed E-state index contributed by atoms with van der Waals surface area (Å²) in [5.74, 6) is 0. The molecule has 0 saturated carbocycles. The summed E-state index contributed by atoms with van der Waals surface area (Å²) in [5, 5.41) is 0. The minimum atomic E-state index is -2.88. The zero-order chi connectivity index (χ0) is 19.2. The lowest BCUT2D eigenvalue weighted by Gasteiger charge is -2.34. The quantitative estimate of drug-likeness (QED) is 0.378. The lowest BCUT2D eigenvalue weighted by atomic mass is 10.3. The Morgan fingerprint density at radius 1 is 0.640 bits per heavy atom. The van der Waals surface area contributed by atoms with Gasteiger partial charge in [0.15, 0.2) is 0 Å². The van der Waals surface area contributed by atoms with Gasteiger partial charge in [0.25, 0.3) is 0 Å². The maximum atomic E-state index is 6.44. The molecule has 1 unspecified atom stereocenters. The molecule has 0 saturated heterocycles. The summed E-state index contributed by atoms with van der Waals surface area (Å²) in [4.78, 5) is 0. The van der Waals surface area contributed by atoms with Crippen molar-refractivity contribution in [3.8, 4) is 0 Å². The van der Waals surface area contributed by atoms with Gasteiger partial charge in [-0.2, -0.15) is 0 Å². The molecule has 0 rings (SSSR count). The van der Waals surface area contributed by atoms with Gasteiger partial charge in [0.1, 0.15) is 0 Å². The van der Waals surface area contributed by atoms with E-state index in [-0.39, 0.29) is 5.67 Å². The fourth-order valence-electron chi connectivity index (χ4n) is 2.77. The first kappa shape index (κ1) is 25.2. The summed E-state index contributed by atoms with van der Waals surface area (Å²) in [7, 11) is -5.52. The van der Waals surface area contributed by atoms with E-state index < -0.39 is 17.6 Å². The van der Waals surface area contributed by atoms with E-state index in [4.69, 9.17) is 32.3 Å². The lowest BCUT2D eigenvalue weighted by Crippen LogP contribution is -2.60. The van der Waals surface area contributed by atoms with Crippen molar-refractivity contribution in [1.29, 1.82) is 0 Å². The second kappa shape index (κ2) is 14.2. The second-order valence-electron chi connectivity index (χ2n) is 5.38. The Kier molecular flexibility index (Phi) is 14.3. The minimum absolute atomic E-state index is 0.274. The predicted molar refractivity (Wildman–Crippen MR) is 103 cm³/mol. The first-order valence-corrected chi connectivity index (χ1v) is 13.3. The van der Waals surface area contributed by atoms with Crippen molar-refractivity contribution < 1.29 is 26.6 Å². The molecule has 25 heavy (non-hydrogen) atoms. The molecule has 2 N–H and O–H groups in total. The van der Waals surface area contributed by atoms with E-state index in [9.17, 15) is 0 Å². The number of hydrogen-bond acceptors (Lipinski definition) is 7. The van der Waals surface area contributed by atoms with E-state index in [2.05, 4.69) is 0 Å². The zero-order valence-electron chi connectivity index (χ0n) is 17.0. The van der Waals surface area contributed by atoms with Gasteiger partial charge in [-0.25, -0.2) is 0 Å². The van der Waals surface area contributed by atoms with Crippen LogP contribution in [0.4, 0.5) is 0 Å². The Morgan fingerprint density at radius 2 is 1.00 bits per heavy atom. The Morgan fingerprint density at radius 3 is 1.32 bits per heavy atom. The standard InChI is InChI=1S/C16H39NO6Si2/c1-7-18-24(19-8-2,20-9-3)15-13-14-16(17)25(21-10-4,22-11-5)23-12-6/h16H,7-15,17H2,1-6H3. The third-order valence-corrected chi connectivity index (χ3v) is 10.0. The fourth-order valence-corrected chi connectivity index (χ4v) is 8.06. The summed E-state index contributed by atoms with van der Waals surface area (Å²) >= 11 is 0. The molecule has 0 aromatic heterocycles. The molecule has 0 amide bonds. The van der Waals surface area contributed by atoms with Crippen molar-refractivity contribution in [2.24, 2.45) is 5.73 Å². The predicted octanol–water partition coefficient (Wildman–Crippen LogP) is 2.73. The van der Waals surface area contributed by atoms with Gasteiger partial charge < -0.3 is 32.3 Å². The first-order valence-electron chi connectivity index (χ1n) is 9.58. The van der Waals surface area contributed by atoms with Gasteiger partial charge >= 0.3 is 17.6 Å². The summed E-state index contributed by atoms with van der Waals surface area (Å²) in [6.07, 6.45) is 1.53. The molecule has 0 spiro atoms. The van der Waals surface area contributed by atoms with Crippen LogP contribution in [0.15, 0.2) is 0 Å². The van der Waals surface area contributed by atoms with E-state index in [0.717, 1.165) is 12.5 Å². The number of rotatable bonds is 17. The average Bonchev–Trinajstić information content (AvgIpc) is 2.56. The summed E-state index contributed by atoms with van der Waals surface area (Å²) in [6.45, 7) is 15.0. The van der Waals surface area contributed by atoms with Crippen molar-refractivity contribution >= 4 is 17.6 Å². The molecule has 0 aromatic rings. The highest BCUT2D eigenvalue weighted by atomic mass is 28.4. The smallest absolute Gasteiger partial charge is 0.374 e. The van der Waals surface area contributed by atoms with Crippen LogP contribution in [-0.2, 0) is 26.6 Å². The first-order chi connectivity index (χ1) is 12.0. The highest BCUT2D eigenvalue weighted by Gasteiger charge is 2.48. The molecule has 0 aliphatic rings. The molecule has 7 nitrogen and oxygen atoms in total. The third-order valence-electron chi connectivity index (χ3n) is 3.58. The molecule has 9 heteroatoms. The van der Waals surface area contributed by atoms with E-state index >= 15 is 0 Å². The van der Waals surface area contributed by atoms with Crippen LogP contribution in [0.25, 0.3) is 0 Å². The van der Waals surface area contributed by atoms with Crippen molar-refractivity contribution in [3.05, 3.63) is 0 Å². The summed E-state index contributed by atoms with van der Waals surface area (Å²) < 4.78 is 35.3. The monoisotopic (exact) mass is 397 g/mol. The highest BCUT2D eigenvalue weighted by Crippen LogP contribution is 2.23. The number of nitrogens with two attached hydrogens (primary N) is 1. The average molecular weight is 398 g/mol. The molecule has 0 fully saturated rings. The van der Waals surface area contributed by atoms with Gasteiger partial charge in [0, 0.05) is 45.7 Å². The van der Waals surface area contributed by atoms with Gasteiger partial charge in [-0.3, -0.25) is 0 Å². The van der Waals surface area contributed by atoms with Crippen LogP contribution in [0.1, 0.15) is 54.4 Å². The Balaban J connectivity index is 4.90. The van der Waals surface area contributed by atoms with Crippen LogP contribution >= 0.6 is 0 Å². The molecular formula is C16H39NO6Si2. The van der Waals surface area contributed by atoms with Gasteiger partial charge in [0.05, 0.1) is 5.67 Å². The van der Waals surface area contributed by atoms with Gasteiger partial charge in [-0.1, -0.05) is 0 Å². The molecule has 152 valence electrons. The minimum Gasteiger partial charge on any atom is -0.374 e. The lowest BCUT2D eigenvalue weighted by molar-refractivity contribution is 0.0589. The van der Waals surface area contributed by atoms with E-state index in [1.165, 1.54) is 0 Å². The Hall–Kier alpha value is 0.154. The highest BCUT2D eigenvalue weighted by molar-refractivity contribution is 6.62. The maximum absolute atomic E-state index is 6.44. The van der Waals surface area contributed by atoms with Crippen LogP contribution in [0, 0.1) is 0 Å². The Bertz CT molecular complexity index is 291. The SMILES string of the molecule is CCO[Si](CCCC(N)[Si](OCC)(OCC)OCC)(OCC)OCC. The largest absolute Gasteiger partial charge is 0.518 e. The topological polar surface area (TPSA) is 81.4 Å². The van der Waals surface area contributed by atoms with Gasteiger partial charge in [0.2, 0.25) is 0 Å². The van der Waals surface area contributed by atoms with Crippen LogP contribution in [0.2, 0.25) is 6.04 Å². The van der Waals surface area contributed by atoms with Crippen LogP contribution < -0.4 is 5.73 Å². The molecule has 0 bridgehead atoms. The van der Waals surface area contributed by atoms with Crippen molar-refractivity contribution in [2.75, 3.05) is 39.6 Å². The third kappa shape index (κ3) is 8.59. The number of hydrogen-bond donors (Lipinski definition) is 1. The van der Waals surface area contributed by atoms with Crippen LogP contribution in [-0.4, -0.2) is 62.9 Å². The van der Waals surface area contributed by atoms with E-state index in [0.29, 0.717) is 46.1 Å². The fraction of sp³-hybridized carbons (Fsp3) is 1.00. The maximum Gasteiger partial charge on any atom is 0.518 e.